The van der Waals surface area contributed by atoms with E-state index in [1.54, 1.807) is 6.07 Å². The maximum atomic E-state index is 12.9. The Balaban J connectivity index is 0.00000225. The second kappa shape index (κ2) is 8.82. The zero-order valence-electron chi connectivity index (χ0n) is 15.1. The number of nitrogens with one attached hydrogen (secondary N) is 1. The molecule has 1 aliphatic heterocycles. The Morgan fingerprint density at radius 2 is 2.04 bits per heavy atom. The van der Waals surface area contributed by atoms with Gasteiger partial charge in [0.2, 0.25) is 5.91 Å². The summed E-state index contributed by atoms with van der Waals surface area (Å²) in [5.41, 5.74) is 2.25. The molecular formula is C20H21Cl2N3O3. The second-order valence-electron chi connectivity index (χ2n) is 6.60. The van der Waals surface area contributed by atoms with Gasteiger partial charge in [0.25, 0.3) is 0 Å². The summed E-state index contributed by atoms with van der Waals surface area (Å²) in [5, 5.41) is 3.99. The predicted molar refractivity (Wildman–Crippen MR) is 111 cm³/mol. The zero-order valence-corrected chi connectivity index (χ0v) is 16.7. The first-order valence-corrected chi connectivity index (χ1v) is 9.35. The van der Waals surface area contributed by atoms with Gasteiger partial charge in [-0.3, -0.25) is 9.36 Å². The number of benzene rings is 2. The van der Waals surface area contributed by atoms with Crippen LogP contribution < -0.4 is 11.1 Å². The van der Waals surface area contributed by atoms with Crippen molar-refractivity contribution in [1.82, 2.24) is 14.8 Å². The number of rotatable bonds is 4. The molecule has 2 heterocycles. The van der Waals surface area contributed by atoms with Crippen molar-refractivity contribution >= 4 is 41.0 Å². The number of piperazine rings is 1. The van der Waals surface area contributed by atoms with E-state index in [0.29, 0.717) is 35.8 Å². The maximum absolute atomic E-state index is 12.9. The van der Waals surface area contributed by atoms with Crippen LogP contribution in [0.2, 0.25) is 5.02 Å². The van der Waals surface area contributed by atoms with Gasteiger partial charge in [0.05, 0.1) is 11.6 Å². The maximum Gasteiger partial charge on any atom is 0.419 e. The van der Waals surface area contributed by atoms with Gasteiger partial charge in [-0.05, 0) is 29.8 Å². The lowest BCUT2D eigenvalue weighted by molar-refractivity contribution is -0.134. The SMILES string of the molecule is Cl.O=C(CCn1c(=O)oc2ccccc21)N1CCNCC1c1cccc(Cl)c1. The summed E-state index contributed by atoms with van der Waals surface area (Å²) >= 11 is 6.12. The van der Waals surface area contributed by atoms with Crippen LogP contribution in [0.1, 0.15) is 18.0 Å². The average molecular weight is 422 g/mol. The number of aryl methyl sites for hydroxylation is 1. The van der Waals surface area contributed by atoms with E-state index >= 15 is 0 Å². The summed E-state index contributed by atoms with van der Waals surface area (Å²) in [6.45, 7) is 2.34. The summed E-state index contributed by atoms with van der Waals surface area (Å²) in [4.78, 5) is 26.9. The Labute approximate surface area is 173 Å². The molecule has 148 valence electrons. The lowest BCUT2D eigenvalue weighted by atomic mass is 10.0. The Kier molecular flexibility index (Phi) is 6.44. The molecule has 0 bridgehead atoms. The number of oxazole rings is 1. The average Bonchev–Trinajstić information content (AvgIpc) is 3.01. The van der Waals surface area contributed by atoms with Gasteiger partial charge in [0.1, 0.15) is 0 Å². The lowest BCUT2D eigenvalue weighted by Gasteiger charge is -2.36. The molecule has 4 rings (SSSR count). The van der Waals surface area contributed by atoms with E-state index in [9.17, 15) is 9.59 Å². The molecule has 0 aliphatic carbocycles. The topological polar surface area (TPSA) is 67.5 Å². The molecule has 28 heavy (non-hydrogen) atoms. The molecule has 3 aromatic rings. The van der Waals surface area contributed by atoms with E-state index in [4.69, 9.17) is 16.0 Å². The van der Waals surface area contributed by atoms with Crippen LogP contribution in [0.3, 0.4) is 0 Å². The zero-order chi connectivity index (χ0) is 18.8. The largest absolute Gasteiger partial charge is 0.419 e. The van der Waals surface area contributed by atoms with Crippen molar-refractivity contribution in [1.29, 1.82) is 0 Å². The molecule has 1 aliphatic rings. The molecule has 1 amide bonds. The Morgan fingerprint density at radius 3 is 2.86 bits per heavy atom. The van der Waals surface area contributed by atoms with Crippen LogP contribution in [0.25, 0.3) is 11.1 Å². The van der Waals surface area contributed by atoms with E-state index in [0.717, 1.165) is 12.1 Å². The molecule has 0 saturated carbocycles. The second-order valence-corrected chi connectivity index (χ2v) is 7.04. The highest BCUT2D eigenvalue weighted by molar-refractivity contribution is 6.30. The fourth-order valence-corrected chi connectivity index (χ4v) is 3.79. The van der Waals surface area contributed by atoms with Crippen LogP contribution in [0, 0.1) is 0 Å². The van der Waals surface area contributed by atoms with Gasteiger partial charge in [-0.2, -0.15) is 0 Å². The minimum atomic E-state index is -0.435. The number of carbonyl (C=O) groups is 1. The highest BCUT2D eigenvalue weighted by Crippen LogP contribution is 2.25. The lowest BCUT2D eigenvalue weighted by Crippen LogP contribution is -2.48. The number of para-hydroxylation sites is 2. The number of nitrogens with zero attached hydrogens (tertiary/aromatic N) is 2. The number of hydrogen-bond donors (Lipinski definition) is 1. The number of halogens is 2. The minimum Gasteiger partial charge on any atom is -0.408 e. The third-order valence-electron chi connectivity index (χ3n) is 4.92. The fourth-order valence-electron chi connectivity index (χ4n) is 3.59. The van der Waals surface area contributed by atoms with Crippen molar-refractivity contribution in [3.05, 3.63) is 69.7 Å². The van der Waals surface area contributed by atoms with Crippen LogP contribution in [0.5, 0.6) is 0 Å². The van der Waals surface area contributed by atoms with Crippen molar-refractivity contribution in [3.63, 3.8) is 0 Å². The summed E-state index contributed by atoms with van der Waals surface area (Å²) in [5.74, 6) is -0.422. The third kappa shape index (κ3) is 4.09. The van der Waals surface area contributed by atoms with Gasteiger partial charge in [-0.1, -0.05) is 35.9 Å². The Morgan fingerprint density at radius 1 is 1.21 bits per heavy atom. The highest BCUT2D eigenvalue weighted by Gasteiger charge is 2.28. The number of aromatic nitrogens is 1. The van der Waals surface area contributed by atoms with Crippen LogP contribution in [0.4, 0.5) is 0 Å². The predicted octanol–water partition coefficient (Wildman–Crippen LogP) is 3.23. The van der Waals surface area contributed by atoms with E-state index < -0.39 is 5.76 Å². The summed E-state index contributed by atoms with van der Waals surface area (Å²) in [6, 6.07) is 14.8. The van der Waals surface area contributed by atoms with Gasteiger partial charge in [-0.15, -0.1) is 12.4 Å². The van der Waals surface area contributed by atoms with Crippen molar-refractivity contribution in [2.45, 2.75) is 19.0 Å². The molecule has 1 unspecified atom stereocenters. The molecule has 8 heteroatoms. The first-order chi connectivity index (χ1) is 13.1. The Bertz CT molecular complexity index is 1030. The van der Waals surface area contributed by atoms with Crippen LogP contribution >= 0.6 is 24.0 Å². The molecular weight excluding hydrogens is 401 g/mol. The van der Waals surface area contributed by atoms with Crippen molar-refractivity contribution in [2.24, 2.45) is 0 Å². The van der Waals surface area contributed by atoms with Crippen molar-refractivity contribution in [2.75, 3.05) is 19.6 Å². The number of amides is 1. The van der Waals surface area contributed by atoms with Crippen LogP contribution in [-0.2, 0) is 11.3 Å². The molecule has 1 saturated heterocycles. The molecule has 0 radical (unpaired) electrons. The van der Waals surface area contributed by atoms with E-state index in [1.807, 2.05) is 47.4 Å². The Hall–Kier alpha value is -2.28. The quantitative estimate of drug-likeness (QED) is 0.701. The number of fused-ring (bicyclic) bond motifs is 1. The standard InChI is InChI=1S/C20H20ClN3O3.ClH/c21-15-5-3-4-14(12-15)17-13-22-9-11-23(17)19(25)8-10-24-16-6-1-2-7-18(16)27-20(24)26;/h1-7,12,17,22H,8-11,13H2;1H. The summed E-state index contributed by atoms with van der Waals surface area (Å²) in [6.07, 6.45) is 0.237. The van der Waals surface area contributed by atoms with Crippen LogP contribution in [0.15, 0.2) is 57.7 Å². The van der Waals surface area contributed by atoms with Crippen LogP contribution in [-0.4, -0.2) is 35.0 Å². The summed E-state index contributed by atoms with van der Waals surface area (Å²) in [7, 11) is 0. The normalized spacial score (nSPS) is 16.8. The van der Waals surface area contributed by atoms with Crippen molar-refractivity contribution in [3.8, 4) is 0 Å². The molecule has 2 aromatic carbocycles. The monoisotopic (exact) mass is 421 g/mol. The molecule has 1 atom stereocenters. The van der Waals surface area contributed by atoms with E-state index in [1.165, 1.54) is 4.57 Å². The van der Waals surface area contributed by atoms with Gasteiger partial charge in [-0.25, -0.2) is 4.79 Å². The third-order valence-corrected chi connectivity index (χ3v) is 5.16. The van der Waals surface area contributed by atoms with Gasteiger partial charge in [0.15, 0.2) is 5.58 Å². The first kappa shape index (κ1) is 20.5. The molecule has 6 nitrogen and oxygen atoms in total. The first-order valence-electron chi connectivity index (χ1n) is 8.97. The molecule has 0 spiro atoms. The smallest absolute Gasteiger partial charge is 0.408 e. The number of hydrogen-bond acceptors (Lipinski definition) is 4. The minimum absolute atomic E-state index is 0. The fraction of sp³-hybridized carbons (Fsp3) is 0.300. The van der Waals surface area contributed by atoms with Gasteiger partial charge >= 0.3 is 5.76 Å². The molecule has 1 aromatic heterocycles. The van der Waals surface area contributed by atoms with E-state index in [2.05, 4.69) is 5.32 Å². The number of carbonyl (C=O) groups excluding carboxylic acids is 1. The summed E-state index contributed by atoms with van der Waals surface area (Å²) < 4.78 is 6.76. The van der Waals surface area contributed by atoms with Gasteiger partial charge < -0.3 is 14.6 Å². The van der Waals surface area contributed by atoms with E-state index in [-0.39, 0.29) is 30.8 Å². The molecule has 1 N–H and O–H groups in total. The van der Waals surface area contributed by atoms with Gasteiger partial charge in [0, 0.05) is 37.6 Å². The highest BCUT2D eigenvalue weighted by atomic mass is 35.5. The van der Waals surface area contributed by atoms with Crippen molar-refractivity contribution < 1.29 is 9.21 Å². The molecule has 1 fully saturated rings.